The fourth-order valence-electron chi connectivity index (χ4n) is 2.99. The molecule has 154 valence electrons. The molecule has 2 aromatic carbocycles. The Bertz CT molecular complexity index is 913. The minimum Gasteiger partial charge on any atom is -0.486 e. The summed E-state index contributed by atoms with van der Waals surface area (Å²) < 4.78 is 11.0. The van der Waals surface area contributed by atoms with Gasteiger partial charge in [0.15, 0.2) is 11.5 Å². The molecular formula is C22H27N3O4. The second-order valence-electron chi connectivity index (χ2n) is 7.31. The number of amides is 2. The standard InChI is InChI=1S/C22H27N3O4/c1-14-5-6-15(2)18(11-14)24-21(26)13-25(4)16(3)22(27)23-17-7-8-19-20(12-17)29-10-9-28-19/h5-8,11-12,16H,9-10,13H2,1-4H3,(H,23,27)(H,24,26)/t16-/m0/s1. The molecule has 0 radical (unpaired) electrons. The fourth-order valence-corrected chi connectivity index (χ4v) is 2.99. The highest BCUT2D eigenvalue weighted by atomic mass is 16.6. The molecule has 1 atom stereocenters. The van der Waals surface area contributed by atoms with Gasteiger partial charge in [-0.05, 0) is 57.1 Å². The van der Waals surface area contributed by atoms with Crippen molar-refractivity contribution in [2.75, 3.05) is 37.4 Å². The average molecular weight is 397 g/mol. The molecule has 7 nitrogen and oxygen atoms in total. The SMILES string of the molecule is Cc1ccc(C)c(NC(=O)CN(C)[C@@H](C)C(=O)Nc2ccc3c(c2)OCCO3)c1. The predicted molar refractivity (Wildman–Crippen MR) is 113 cm³/mol. The zero-order valence-corrected chi connectivity index (χ0v) is 17.2. The van der Waals surface area contributed by atoms with E-state index >= 15 is 0 Å². The minimum absolute atomic E-state index is 0.100. The number of carbonyl (C=O) groups excluding carboxylic acids is 2. The van der Waals surface area contributed by atoms with Gasteiger partial charge in [0.2, 0.25) is 11.8 Å². The summed E-state index contributed by atoms with van der Waals surface area (Å²) in [6, 6.07) is 10.7. The number of hydrogen-bond donors (Lipinski definition) is 2. The van der Waals surface area contributed by atoms with Gasteiger partial charge in [-0.3, -0.25) is 14.5 Å². The predicted octanol–water partition coefficient (Wildman–Crippen LogP) is 2.97. The van der Waals surface area contributed by atoms with E-state index in [1.807, 2.05) is 32.0 Å². The third-order valence-electron chi connectivity index (χ3n) is 4.91. The first-order valence-electron chi connectivity index (χ1n) is 9.61. The molecule has 2 N–H and O–H groups in total. The molecule has 1 aliphatic heterocycles. The van der Waals surface area contributed by atoms with Crippen molar-refractivity contribution in [3.63, 3.8) is 0 Å². The Balaban J connectivity index is 1.56. The Hall–Kier alpha value is -3.06. The molecular weight excluding hydrogens is 370 g/mol. The maximum atomic E-state index is 12.6. The number of aryl methyl sites for hydroxylation is 2. The van der Waals surface area contributed by atoms with Crippen molar-refractivity contribution >= 4 is 23.2 Å². The van der Waals surface area contributed by atoms with Gasteiger partial charge < -0.3 is 20.1 Å². The van der Waals surface area contributed by atoms with Crippen molar-refractivity contribution in [2.24, 2.45) is 0 Å². The van der Waals surface area contributed by atoms with E-state index < -0.39 is 6.04 Å². The molecule has 0 bridgehead atoms. The van der Waals surface area contributed by atoms with Crippen LogP contribution in [0.25, 0.3) is 0 Å². The molecule has 3 rings (SSSR count). The molecule has 2 aromatic rings. The lowest BCUT2D eigenvalue weighted by Gasteiger charge is -2.24. The highest BCUT2D eigenvalue weighted by molar-refractivity contribution is 5.96. The van der Waals surface area contributed by atoms with Crippen molar-refractivity contribution in [1.82, 2.24) is 4.90 Å². The number of nitrogens with one attached hydrogen (secondary N) is 2. The van der Waals surface area contributed by atoms with E-state index in [1.165, 1.54) is 0 Å². The summed E-state index contributed by atoms with van der Waals surface area (Å²) in [5.74, 6) is 0.911. The highest BCUT2D eigenvalue weighted by Gasteiger charge is 2.21. The third kappa shape index (κ3) is 5.26. The lowest BCUT2D eigenvalue weighted by molar-refractivity contribution is -0.122. The number of benzene rings is 2. The van der Waals surface area contributed by atoms with Crippen LogP contribution in [0.2, 0.25) is 0 Å². The van der Waals surface area contributed by atoms with Gasteiger partial charge in [0.1, 0.15) is 13.2 Å². The summed E-state index contributed by atoms with van der Waals surface area (Å²) in [4.78, 5) is 26.7. The molecule has 0 spiro atoms. The zero-order chi connectivity index (χ0) is 21.0. The fraction of sp³-hybridized carbons (Fsp3) is 0.364. The second kappa shape index (κ2) is 8.96. The number of ether oxygens (including phenoxy) is 2. The minimum atomic E-state index is -0.493. The van der Waals surface area contributed by atoms with Crippen molar-refractivity contribution in [2.45, 2.75) is 26.8 Å². The van der Waals surface area contributed by atoms with Crippen LogP contribution in [0.3, 0.4) is 0 Å². The van der Waals surface area contributed by atoms with Crippen LogP contribution in [0.15, 0.2) is 36.4 Å². The van der Waals surface area contributed by atoms with Gasteiger partial charge in [-0.1, -0.05) is 12.1 Å². The van der Waals surface area contributed by atoms with Gasteiger partial charge in [-0.2, -0.15) is 0 Å². The number of hydrogen-bond acceptors (Lipinski definition) is 5. The van der Waals surface area contributed by atoms with E-state index in [0.29, 0.717) is 30.4 Å². The van der Waals surface area contributed by atoms with Gasteiger partial charge in [0.25, 0.3) is 0 Å². The van der Waals surface area contributed by atoms with Gasteiger partial charge >= 0.3 is 0 Å². The summed E-state index contributed by atoms with van der Waals surface area (Å²) in [7, 11) is 1.75. The van der Waals surface area contributed by atoms with Gasteiger partial charge in [-0.15, -0.1) is 0 Å². The van der Waals surface area contributed by atoms with Crippen LogP contribution in [0.4, 0.5) is 11.4 Å². The molecule has 7 heteroatoms. The molecule has 0 saturated heterocycles. The molecule has 2 amide bonds. The van der Waals surface area contributed by atoms with E-state index in [9.17, 15) is 9.59 Å². The lowest BCUT2D eigenvalue weighted by atomic mass is 10.1. The Kier molecular flexibility index (Phi) is 6.39. The van der Waals surface area contributed by atoms with E-state index in [4.69, 9.17) is 9.47 Å². The number of rotatable bonds is 6. The average Bonchev–Trinajstić information content (AvgIpc) is 2.69. The molecule has 1 aliphatic rings. The van der Waals surface area contributed by atoms with E-state index in [1.54, 1.807) is 37.1 Å². The Morgan fingerprint density at radius 3 is 2.52 bits per heavy atom. The molecule has 0 fully saturated rings. The van der Waals surface area contributed by atoms with Crippen LogP contribution < -0.4 is 20.1 Å². The van der Waals surface area contributed by atoms with Crippen LogP contribution in [0, 0.1) is 13.8 Å². The van der Waals surface area contributed by atoms with E-state index in [2.05, 4.69) is 10.6 Å². The number of nitrogens with zero attached hydrogens (tertiary/aromatic N) is 1. The number of anilines is 2. The van der Waals surface area contributed by atoms with E-state index in [0.717, 1.165) is 16.8 Å². The van der Waals surface area contributed by atoms with Crippen LogP contribution in [0.5, 0.6) is 11.5 Å². The van der Waals surface area contributed by atoms with Crippen LogP contribution in [-0.4, -0.2) is 49.6 Å². The number of likely N-dealkylation sites (N-methyl/N-ethyl adjacent to an activating group) is 1. The van der Waals surface area contributed by atoms with Crippen LogP contribution in [0.1, 0.15) is 18.1 Å². The Morgan fingerprint density at radius 2 is 1.76 bits per heavy atom. The number of carbonyl (C=O) groups is 2. The summed E-state index contributed by atoms with van der Waals surface area (Å²) in [5, 5.41) is 5.78. The van der Waals surface area contributed by atoms with E-state index in [-0.39, 0.29) is 18.4 Å². The maximum absolute atomic E-state index is 12.6. The lowest BCUT2D eigenvalue weighted by Crippen LogP contribution is -2.43. The summed E-state index contributed by atoms with van der Waals surface area (Å²) in [5.41, 5.74) is 3.48. The Morgan fingerprint density at radius 1 is 1.03 bits per heavy atom. The highest BCUT2D eigenvalue weighted by Crippen LogP contribution is 2.32. The van der Waals surface area contributed by atoms with Crippen molar-refractivity contribution in [3.05, 3.63) is 47.5 Å². The zero-order valence-electron chi connectivity index (χ0n) is 17.2. The third-order valence-corrected chi connectivity index (χ3v) is 4.91. The Labute approximate surface area is 171 Å². The summed E-state index contributed by atoms with van der Waals surface area (Å²) >= 11 is 0. The molecule has 1 heterocycles. The molecule has 0 saturated carbocycles. The summed E-state index contributed by atoms with van der Waals surface area (Å²) in [6.07, 6.45) is 0. The first-order chi connectivity index (χ1) is 13.8. The monoisotopic (exact) mass is 397 g/mol. The second-order valence-corrected chi connectivity index (χ2v) is 7.31. The quantitative estimate of drug-likeness (QED) is 0.783. The first-order valence-corrected chi connectivity index (χ1v) is 9.61. The van der Waals surface area contributed by atoms with Gasteiger partial charge in [0.05, 0.1) is 12.6 Å². The molecule has 29 heavy (non-hydrogen) atoms. The van der Waals surface area contributed by atoms with Crippen molar-refractivity contribution in [3.8, 4) is 11.5 Å². The number of fused-ring (bicyclic) bond motifs is 1. The van der Waals surface area contributed by atoms with Crippen molar-refractivity contribution < 1.29 is 19.1 Å². The molecule has 0 unspecified atom stereocenters. The maximum Gasteiger partial charge on any atom is 0.241 e. The smallest absolute Gasteiger partial charge is 0.241 e. The molecule has 0 aliphatic carbocycles. The first kappa shape index (κ1) is 20.7. The van der Waals surface area contributed by atoms with Crippen LogP contribution >= 0.6 is 0 Å². The van der Waals surface area contributed by atoms with Gasteiger partial charge in [0, 0.05) is 17.4 Å². The van der Waals surface area contributed by atoms with Gasteiger partial charge in [-0.25, -0.2) is 0 Å². The largest absolute Gasteiger partial charge is 0.486 e. The van der Waals surface area contributed by atoms with Crippen LogP contribution in [-0.2, 0) is 9.59 Å². The summed E-state index contributed by atoms with van der Waals surface area (Å²) in [6.45, 7) is 6.79. The topological polar surface area (TPSA) is 79.9 Å². The normalized spacial score (nSPS) is 13.7. The molecule has 0 aromatic heterocycles. The van der Waals surface area contributed by atoms with Crippen molar-refractivity contribution in [1.29, 1.82) is 0 Å².